The van der Waals surface area contributed by atoms with Crippen LogP contribution in [0.3, 0.4) is 0 Å². The van der Waals surface area contributed by atoms with Crippen LogP contribution >= 0.6 is 0 Å². The fourth-order valence-corrected chi connectivity index (χ4v) is 2.88. The summed E-state index contributed by atoms with van der Waals surface area (Å²) < 4.78 is 0. The van der Waals surface area contributed by atoms with E-state index >= 15 is 0 Å². The molecule has 1 fully saturated rings. The smallest absolute Gasteiger partial charge is 0.244 e. The highest BCUT2D eigenvalue weighted by atomic mass is 16.2. The summed E-state index contributed by atoms with van der Waals surface area (Å²) in [6.45, 7) is 2.06. The summed E-state index contributed by atoms with van der Waals surface area (Å²) in [5.41, 5.74) is 4.25. The molecule has 0 heterocycles. The van der Waals surface area contributed by atoms with E-state index < -0.39 is 5.41 Å². The van der Waals surface area contributed by atoms with Crippen LogP contribution in [0.2, 0.25) is 0 Å². The van der Waals surface area contributed by atoms with Crippen molar-refractivity contribution < 1.29 is 4.79 Å². The van der Waals surface area contributed by atoms with E-state index in [1.807, 2.05) is 12.1 Å². The van der Waals surface area contributed by atoms with Crippen LogP contribution in [0.15, 0.2) is 24.3 Å². The standard InChI is InChI=1S/C14H20N2O/c1-11-6-5-7-12(10-11)14(13(17)16-15)8-3-2-4-9-14/h5-7,10H,2-4,8-9,15H2,1H3,(H,16,17). The van der Waals surface area contributed by atoms with Crippen molar-refractivity contribution in [3.8, 4) is 0 Å². The first-order chi connectivity index (χ1) is 8.19. The molecule has 2 rings (SSSR count). The van der Waals surface area contributed by atoms with Gasteiger partial charge in [-0.3, -0.25) is 10.2 Å². The molecule has 0 atom stereocenters. The molecule has 1 aliphatic carbocycles. The summed E-state index contributed by atoms with van der Waals surface area (Å²) in [6.07, 6.45) is 5.22. The lowest BCUT2D eigenvalue weighted by Crippen LogP contribution is -2.48. The van der Waals surface area contributed by atoms with Gasteiger partial charge in [0.05, 0.1) is 5.41 Å². The van der Waals surface area contributed by atoms with Gasteiger partial charge in [-0.25, -0.2) is 5.84 Å². The van der Waals surface area contributed by atoms with Gasteiger partial charge in [-0.15, -0.1) is 0 Å². The summed E-state index contributed by atoms with van der Waals surface area (Å²) in [5.74, 6) is 5.32. The van der Waals surface area contributed by atoms with E-state index in [0.29, 0.717) is 0 Å². The molecule has 0 spiro atoms. The number of nitrogens with two attached hydrogens (primary N) is 1. The van der Waals surface area contributed by atoms with Crippen molar-refractivity contribution in [2.75, 3.05) is 0 Å². The van der Waals surface area contributed by atoms with Crippen LogP contribution in [0.25, 0.3) is 0 Å². The molecule has 1 aromatic carbocycles. The molecule has 17 heavy (non-hydrogen) atoms. The van der Waals surface area contributed by atoms with Gasteiger partial charge in [0.25, 0.3) is 0 Å². The average Bonchev–Trinajstić information content (AvgIpc) is 2.38. The van der Waals surface area contributed by atoms with E-state index in [9.17, 15) is 4.79 Å². The summed E-state index contributed by atoms with van der Waals surface area (Å²) in [7, 11) is 0. The molecule has 1 saturated carbocycles. The molecule has 3 N–H and O–H groups in total. The first-order valence-corrected chi connectivity index (χ1v) is 6.27. The fourth-order valence-electron chi connectivity index (χ4n) is 2.88. The zero-order chi connectivity index (χ0) is 12.3. The maximum absolute atomic E-state index is 12.2. The molecular weight excluding hydrogens is 212 g/mol. The van der Waals surface area contributed by atoms with E-state index in [2.05, 4.69) is 24.5 Å². The molecule has 3 nitrogen and oxygen atoms in total. The van der Waals surface area contributed by atoms with Gasteiger partial charge < -0.3 is 0 Å². The van der Waals surface area contributed by atoms with Crippen molar-refractivity contribution in [2.24, 2.45) is 5.84 Å². The highest BCUT2D eigenvalue weighted by Crippen LogP contribution is 2.39. The van der Waals surface area contributed by atoms with Gasteiger partial charge in [0, 0.05) is 0 Å². The number of aryl methyl sites for hydroxylation is 1. The lowest BCUT2D eigenvalue weighted by molar-refractivity contribution is -0.128. The van der Waals surface area contributed by atoms with Gasteiger partial charge in [0.1, 0.15) is 0 Å². The number of nitrogens with one attached hydrogen (secondary N) is 1. The number of hydrogen-bond donors (Lipinski definition) is 2. The Labute approximate surface area is 102 Å². The van der Waals surface area contributed by atoms with E-state index in [0.717, 1.165) is 31.2 Å². The first kappa shape index (κ1) is 12.1. The quantitative estimate of drug-likeness (QED) is 0.466. The zero-order valence-corrected chi connectivity index (χ0v) is 10.3. The molecule has 3 heteroatoms. The first-order valence-electron chi connectivity index (χ1n) is 6.27. The van der Waals surface area contributed by atoms with Crippen LogP contribution in [0.5, 0.6) is 0 Å². The van der Waals surface area contributed by atoms with E-state index in [4.69, 9.17) is 5.84 Å². The SMILES string of the molecule is Cc1cccc(C2(C(=O)NN)CCCCC2)c1. The molecule has 1 aliphatic rings. The minimum absolute atomic E-state index is 0.0391. The normalized spacial score (nSPS) is 18.7. The maximum atomic E-state index is 12.2. The van der Waals surface area contributed by atoms with Gasteiger partial charge in [-0.05, 0) is 25.3 Å². The molecule has 92 valence electrons. The van der Waals surface area contributed by atoms with Crippen molar-refractivity contribution in [1.29, 1.82) is 0 Å². The minimum atomic E-state index is -0.404. The Bertz CT molecular complexity index is 408. The third-order valence-corrected chi connectivity index (χ3v) is 3.84. The summed E-state index contributed by atoms with van der Waals surface area (Å²) in [5, 5.41) is 0. The Kier molecular flexibility index (Phi) is 3.48. The Morgan fingerprint density at radius 2 is 2.00 bits per heavy atom. The van der Waals surface area contributed by atoms with E-state index in [1.54, 1.807) is 0 Å². The monoisotopic (exact) mass is 232 g/mol. The fraction of sp³-hybridized carbons (Fsp3) is 0.500. The largest absolute Gasteiger partial charge is 0.293 e. The van der Waals surface area contributed by atoms with Crippen LogP contribution < -0.4 is 11.3 Å². The number of rotatable bonds is 2. The molecule has 0 radical (unpaired) electrons. The Hall–Kier alpha value is -1.35. The van der Waals surface area contributed by atoms with Gasteiger partial charge >= 0.3 is 0 Å². The average molecular weight is 232 g/mol. The summed E-state index contributed by atoms with van der Waals surface area (Å²) >= 11 is 0. The topological polar surface area (TPSA) is 55.1 Å². The Balaban J connectivity index is 2.42. The highest BCUT2D eigenvalue weighted by Gasteiger charge is 2.40. The predicted molar refractivity (Wildman–Crippen MR) is 68.3 cm³/mol. The second-order valence-electron chi connectivity index (χ2n) is 4.99. The van der Waals surface area contributed by atoms with E-state index in [-0.39, 0.29) is 5.91 Å². The Morgan fingerprint density at radius 3 is 2.59 bits per heavy atom. The highest BCUT2D eigenvalue weighted by molar-refractivity contribution is 5.87. The molecular formula is C14H20N2O. The van der Waals surface area contributed by atoms with Crippen LogP contribution in [-0.4, -0.2) is 5.91 Å². The van der Waals surface area contributed by atoms with Gasteiger partial charge in [-0.2, -0.15) is 0 Å². The van der Waals surface area contributed by atoms with Crippen LogP contribution in [-0.2, 0) is 10.2 Å². The number of benzene rings is 1. The zero-order valence-electron chi connectivity index (χ0n) is 10.3. The van der Waals surface area contributed by atoms with Crippen molar-refractivity contribution in [2.45, 2.75) is 44.4 Å². The molecule has 0 aromatic heterocycles. The second kappa shape index (κ2) is 4.88. The molecule has 0 aliphatic heterocycles. The number of carbonyl (C=O) groups excluding carboxylic acids is 1. The van der Waals surface area contributed by atoms with Crippen LogP contribution in [0.1, 0.15) is 43.2 Å². The predicted octanol–water partition coefficient (Wildman–Crippen LogP) is 2.19. The van der Waals surface area contributed by atoms with Crippen LogP contribution in [0, 0.1) is 6.92 Å². The van der Waals surface area contributed by atoms with Crippen molar-refractivity contribution >= 4 is 5.91 Å². The van der Waals surface area contributed by atoms with Crippen molar-refractivity contribution in [3.05, 3.63) is 35.4 Å². The summed E-state index contributed by atoms with van der Waals surface area (Å²) in [6, 6.07) is 8.24. The minimum Gasteiger partial charge on any atom is -0.293 e. The molecule has 1 amide bonds. The molecule has 1 aromatic rings. The van der Waals surface area contributed by atoms with Crippen molar-refractivity contribution in [3.63, 3.8) is 0 Å². The lowest BCUT2D eigenvalue weighted by atomic mass is 9.68. The van der Waals surface area contributed by atoms with Gasteiger partial charge in [-0.1, -0.05) is 49.1 Å². The Morgan fingerprint density at radius 1 is 1.29 bits per heavy atom. The van der Waals surface area contributed by atoms with Gasteiger partial charge in [0.15, 0.2) is 0 Å². The summed E-state index contributed by atoms with van der Waals surface area (Å²) in [4.78, 5) is 12.2. The number of amides is 1. The molecule has 0 saturated heterocycles. The van der Waals surface area contributed by atoms with E-state index in [1.165, 1.54) is 12.0 Å². The molecule has 0 unspecified atom stereocenters. The van der Waals surface area contributed by atoms with Gasteiger partial charge in [0.2, 0.25) is 5.91 Å². The third-order valence-electron chi connectivity index (χ3n) is 3.84. The third kappa shape index (κ3) is 2.20. The number of hydrazine groups is 1. The maximum Gasteiger partial charge on any atom is 0.244 e. The number of hydrogen-bond acceptors (Lipinski definition) is 2. The van der Waals surface area contributed by atoms with Crippen molar-refractivity contribution in [1.82, 2.24) is 5.43 Å². The molecule has 0 bridgehead atoms. The lowest BCUT2D eigenvalue weighted by Gasteiger charge is -2.35. The number of carbonyl (C=O) groups is 1. The van der Waals surface area contributed by atoms with Crippen LogP contribution in [0.4, 0.5) is 0 Å². The second-order valence-corrected chi connectivity index (χ2v) is 4.99.